The van der Waals surface area contributed by atoms with Crippen LogP contribution in [0.15, 0.2) is 28.3 Å². The Morgan fingerprint density at radius 1 is 1.47 bits per heavy atom. The molecule has 1 N–H and O–H groups in total. The molecule has 2 rings (SSSR count). The quantitative estimate of drug-likeness (QED) is 0.495. The smallest absolute Gasteiger partial charge is 0.293 e. The molecule has 0 atom stereocenters. The topological polar surface area (TPSA) is 55.2 Å². The third-order valence-corrected chi connectivity index (χ3v) is 3.74. The lowest BCUT2D eigenvalue weighted by atomic mass is 10.1. The molecule has 102 valence electrons. The monoisotopic (exact) mass is 328 g/mol. The van der Waals surface area contributed by atoms with Gasteiger partial charge in [0.15, 0.2) is 0 Å². The molecule has 0 heterocycles. The number of rotatable bonds is 5. The number of nitrogens with zero attached hydrogens (tertiary/aromatic N) is 1. The van der Waals surface area contributed by atoms with E-state index in [9.17, 15) is 14.5 Å². The summed E-state index contributed by atoms with van der Waals surface area (Å²) < 4.78 is 13.5. The minimum absolute atomic E-state index is 0.100. The molecule has 0 aromatic heterocycles. The number of nitro groups is 1. The maximum atomic E-state index is 13.4. The van der Waals surface area contributed by atoms with E-state index in [0.29, 0.717) is 6.54 Å². The molecule has 0 aliphatic heterocycles. The van der Waals surface area contributed by atoms with Crippen LogP contribution < -0.4 is 5.32 Å². The van der Waals surface area contributed by atoms with E-state index in [1.54, 1.807) is 0 Å². The van der Waals surface area contributed by atoms with Crippen LogP contribution in [0.25, 0.3) is 0 Å². The van der Waals surface area contributed by atoms with Crippen molar-refractivity contribution >= 4 is 27.3 Å². The van der Waals surface area contributed by atoms with Gasteiger partial charge < -0.3 is 5.32 Å². The zero-order valence-electron chi connectivity index (χ0n) is 10.3. The van der Waals surface area contributed by atoms with Gasteiger partial charge in [0.05, 0.1) is 9.40 Å². The second-order valence-corrected chi connectivity index (χ2v) is 5.33. The van der Waals surface area contributed by atoms with Gasteiger partial charge in [-0.3, -0.25) is 10.1 Å². The third kappa shape index (κ3) is 3.53. The van der Waals surface area contributed by atoms with Crippen molar-refractivity contribution in [1.82, 2.24) is 0 Å². The van der Waals surface area contributed by atoms with Gasteiger partial charge in [-0.15, -0.1) is 0 Å². The van der Waals surface area contributed by atoms with Gasteiger partial charge in [-0.25, -0.2) is 4.39 Å². The van der Waals surface area contributed by atoms with Crippen molar-refractivity contribution in [2.24, 2.45) is 0 Å². The Kier molecular flexibility index (Phi) is 4.52. The first-order chi connectivity index (χ1) is 9.08. The fraction of sp³-hybridized carbons (Fsp3) is 0.385. The largest absolute Gasteiger partial charge is 0.379 e. The molecule has 4 nitrogen and oxygen atoms in total. The first kappa shape index (κ1) is 14.0. The number of nitrogens with one attached hydrogen (secondary N) is 1. The molecule has 1 aromatic rings. The van der Waals surface area contributed by atoms with Crippen LogP contribution in [-0.2, 0) is 0 Å². The number of halogens is 2. The van der Waals surface area contributed by atoms with Gasteiger partial charge >= 0.3 is 0 Å². The van der Waals surface area contributed by atoms with Gasteiger partial charge in [0, 0.05) is 18.7 Å². The van der Waals surface area contributed by atoms with E-state index in [-0.39, 0.29) is 15.8 Å². The Labute approximate surface area is 119 Å². The fourth-order valence-corrected chi connectivity index (χ4v) is 2.48. The molecule has 6 heteroatoms. The van der Waals surface area contributed by atoms with E-state index >= 15 is 0 Å². The second kappa shape index (κ2) is 6.14. The van der Waals surface area contributed by atoms with Crippen LogP contribution in [-0.4, -0.2) is 11.5 Å². The van der Waals surface area contributed by atoms with Crippen LogP contribution in [0.4, 0.5) is 15.8 Å². The number of hydrogen-bond donors (Lipinski definition) is 1. The molecular weight excluding hydrogens is 315 g/mol. The number of anilines is 1. The number of nitro benzene ring substituents is 1. The molecule has 0 radical (unpaired) electrons. The lowest BCUT2D eigenvalue weighted by Crippen LogP contribution is -2.05. The first-order valence-electron chi connectivity index (χ1n) is 6.13. The van der Waals surface area contributed by atoms with Gasteiger partial charge in [0.2, 0.25) is 0 Å². The van der Waals surface area contributed by atoms with Crippen molar-refractivity contribution in [3.63, 3.8) is 0 Å². The molecule has 0 bridgehead atoms. The lowest BCUT2D eigenvalue weighted by Gasteiger charge is -2.08. The highest BCUT2D eigenvalue weighted by atomic mass is 79.9. The number of benzene rings is 1. The van der Waals surface area contributed by atoms with Crippen LogP contribution in [0.3, 0.4) is 0 Å². The Bertz CT molecular complexity index is 532. The van der Waals surface area contributed by atoms with E-state index in [4.69, 9.17) is 0 Å². The average molecular weight is 329 g/mol. The summed E-state index contributed by atoms with van der Waals surface area (Å²) in [6, 6.07) is 2.34. The summed E-state index contributed by atoms with van der Waals surface area (Å²) in [6.07, 6.45) is 6.44. The number of hydrogen-bond acceptors (Lipinski definition) is 3. The molecule has 0 amide bonds. The van der Waals surface area contributed by atoms with Crippen LogP contribution >= 0.6 is 15.9 Å². The van der Waals surface area contributed by atoms with Crippen LogP contribution in [0.5, 0.6) is 0 Å². The van der Waals surface area contributed by atoms with E-state index in [1.807, 2.05) is 0 Å². The molecule has 0 saturated heterocycles. The molecule has 0 unspecified atom stereocenters. The molecule has 19 heavy (non-hydrogen) atoms. The van der Waals surface area contributed by atoms with Gasteiger partial charge in [-0.2, -0.15) is 0 Å². The van der Waals surface area contributed by atoms with Crippen molar-refractivity contribution in [3.05, 3.63) is 44.2 Å². The zero-order chi connectivity index (χ0) is 13.8. The normalized spacial score (nSPS) is 14.3. The predicted molar refractivity (Wildman–Crippen MR) is 75.8 cm³/mol. The SMILES string of the molecule is O=[N+]([O-])c1cc(Br)c(F)cc1NCCC1=CCCC1. The van der Waals surface area contributed by atoms with Crippen molar-refractivity contribution in [1.29, 1.82) is 0 Å². The molecule has 0 spiro atoms. The Hall–Kier alpha value is -1.43. The van der Waals surface area contributed by atoms with Gasteiger partial charge in [-0.05, 0) is 41.6 Å². The maximum absolute atomic E-state index is 13.4. The standard InChI is InChI=1S/C13H14BrFN2O2/c14-10-7-13(17(18)19)12(8-11(10)15)16-6-5-9-3-1-2-4-9/h3,7-8,16H,1-2,4-6H2. The van der Waals surface area contributed by atoms with E-state index in [2.05, 4.69) is 27.3 Å². The summed E-state index contributed by atoms with van der Waals surface area (Å²) in [5, 5.41) is 13.9. The highest BCUT2D eigenvalue weighted by Crippen LogP contribution is 2.31. The second-order valence-electron chi connectivity index (χ2n) is 4.47. The summed E-state index contributed by atoms with van der Waals surface area (Å²) in [4.78, 5) is 10.4. The first-order valence-corrected chi connectivity index (χ1v) is 6.92. The van der Waals surface area contributed by atoms with Gasteiger partial charge in [0.1, 0.15) is 11.5 Å². The third-order valence-electron chi connectivity index (χ3n) is 3.13. The minimum Gasteiger partial charge on any atom is -0.379 e. The van der Waals surface area contributed by atoms with Crippen molar-refractivity contribution < 1.29 is 9.31 Å². The van der Waals surface area contributed by atoms with Crippen LogP contribution in [0, 0.1) is 15.9 Å². The molecule has 1 aromatic carbocycles. The van der Waals surface area contributed by atoms with Gasteiger partial charge in [-0.1, -0.05) is 11.6 Å². The van der Waals surface area contributed by atoms with Crippen LogP contribution in [0.2, 0.25) is 0 Å². The van der Waals surface area contributed by atoms with E-state index in [0.717, 1.165) is 25.3 Å². The minimum atomic E-state index is -0.513. The summed E-state index contributed by atoms with van der Waals surface area (Å²) in [5.74, 6) is -0.506. The van der Waals surface area contributed by atoms with Crippen molar-refractivity contribution in [3.8, 4) is 0 Å². The Morgan fingerprint density at radius 3 is 2.89 bits per heavy atom. The van der Waals surface area contributed by atoms with Crippen LogP contribution in [0.1, 0.15) is 25.7 Å². The van der Waals surface area contributed by atoms with Crippen molar-refractivity contribution in [2.45, 2.75) is 25.7 Å². The zero-order valence-corrected chi connectivity index (χ0v) is 11.9. The number of allylic oxidation sites excluding steroid dienone is 1. The highest BCUT2D eigenvalue weighted by Gasteiger charge is 2.17. The summed E-state index contributed by atoms with van der Waals surface area (Å²) >= 11 is 2.95. The average Bonchev–Trinajstić information content (AvgIpc) is 2.86. The maximum Gasteiger partial charge on any atom is 0.293 e. The van der Waals surface area contributed by atoms with E-state index in [1.165, 1.54) is 18.1 Å². The molecule has 1 aliphatic rings. The van der Waals surface area contributed by atoms with Crippen molar-refractivity contribution in [2.75, 3.05) is 11.9 Å². The van der Waals surface area contributed by atoms with Gasteiger partial charge in [0.25, 0.3) is 5.69 Å². The summed E-state index contributed by atoms with van der Waals surface area (Å²) in [6.45, 7) is 0.577. The summed E-state index contributed by atoms with van der Waals surface area (Å²) in [5.41, 5.74) is 1.48. The summed E-state index contributed by atoms with van der Waals surface area (Å²) in [7, 11) is 0. The highest BCUT2D eigenvalue weighted by molar-refractivity contribution is 9.10. The molecule has 0 saturated carbocycles. The molecule has 1 aliphatic carbocycles. The Morgan fingerprint density at radius 2 is 2.26 bits per heavy atom. The van der Waals surface area contributed by atoms with E-state index < -0.39 is 10.7 Å². The molecular formula is C13H14BrFN2O2. The Balaban J connectivity index is 2.05. The lowest BCUT2D eigenvalue weighted by molar-refractivity contribution is -0.384. The molecule has 0 fully saturated rings. The fourth-order valence-electron chi connectivity index (χ4n) is 2.15. The predicted octanol–water partition coefficient (Wildman–Crippen LogP) is 4.41.